The lowest BCUT2D eigenvalue weighted by Gasteiger charge is -2.01. The molecule has 4 heteroatoms. The standard InChI is InChI=1S/C18H16N4/c1-3-7-15-13(5-1)9-10-14-6-2-4-8-16(14)17(15)21-22-18-19-11-12-20-18/h1-10H,11-12H2,(H2,19,20,22). The molecule has 0 aliphatic carbocycles. The topological polar surface area (TPSA) is 48.8 Å². The van der Waals surface area contributed by atoms with E-state index in [2.05, 4.69) is 57.2 Å². The van der Waals surface area contributed by atoms with E-state index in [-0.39, 0.29) is 0 Å². The lowest BCUT2D eigenvalue weighted by molar-refractivity contribution is 0.901. The van der Waals surface area contributed by atoms with Crippen LogP contribution in [0.4, 0.5) is 0 Å². The van der Waals surface area contributed by atoms with Gasteiger partial charge < -0.3 is 5.32 Å². The Bertz CT molecular complexity index is 882. The second-order valence-corrected chi connectivity index (χ2v) is 5.24. The van der Waals surface area contributed by atoms with E-state index in [1.807, 2.05) is 24.3 Å². The van der Waals surface area contributed by atoms with E-state index in [9.17, 15) is 0 Å². The van der Waals surface area contributed by atoms with Crippen LogP contribution in [0.25, 0.3) is 21.5 Å². The van der Waals surface area contributed by atoms with Gasteiger partial charge in [0.1, 0.15) is 0 Å². The summed E-state index contributed by atoms with van der Waals surface area (Å²) in [5, 5.41) is 13.3. The van der Waals surface area contributed by atoms with Gasteiger partial charge in [-0.2, -0.15) is 5.10 Å². The molecule has 0 fully saturated rings. The Balaban J connectivity index is 2.04. The zero-order valence-electron chi connectivity index (χ0n) is 12.1. The predicted molar refractivity (Wildman–Crippen MR) is 90.5 cm³/mol. The molecule has 0 atom stereocenters. The number of nitrogens with zero attached hydrogens (tertiary/aromatic N) is 2. The predicted octanol–water partition coefficient (Wildman–Crippen LogP) is 2.36. The van der Waals surface area contributed by atoms with Crippen molar-refractivity contribution in [2.24, 2.45) is 10.1 Å². The van der Waals surface area contributed by atoms with Gasteiger partial charge in [0.25, 0.3) is 0 Å². The first kappa shape index (κ1) is 12.8. The molecule has 108 valence electrons. The summed E-state index contributed by atoms with van der Waals surface area (Å²) < 4.78 is 0. The van der Waals surface area contributed by atoms with Gasteiger partial charge in [-0.1, -0.05) is 60.7 Å². The molecule has 0 radical (unpaired) electrons. The quantitative estimate of drug-likeness (QED) is 0.675. The van der Waals surface area contributed by atoms with E-state index < -0.39 is 0 Å². The van der Waals surface area contributed by atoms with Crippen molar-refractivity contribution in [2.45, 2.75) is 0 Å². The van der Waals surface area contributed by atoms with Crippen molar-refractivity contribution < 1.29 is 0 Å². The summed E-state index contributed by atoms with van der Waals surface area (Å²) in [4.78, 5) is 4.33. The van der Waals surface area contributed by atoms with Crippen LogP contribution in [0.2, 0.25) is 0 Å². The van der Waals surface area contributed by atoms with Gasteiger partial charge in [-0.25, -0.2) is 10.4 Å². The molecule has 0 unspecified atom stereocenters. The highest BCUT2D eigenvalue weighted by molar-refractivity contribution is 5.93. The van der Waals surface area contributed by atoms with Crippen molar-refractivity contribution in [3.8, 4) is 0 Å². The molecule has 4 nitrogen and oxygen atoms in total. The van der Waals surface area contributed by atoms with Gasteiger partial charge >= 0.3 is 0 Å². The van der Waals surface area contributed by atoms with Crippen LogP contribution in [0.1, 0.15) is 0 Å². The smallest absolute Gasteiger partial charge is 0.212 e. The molecule has 1 aliphatic rings. The molecule has 22 heavy (non-hydrogen) atoms. The van der Waals surface area contributed by atoms with Crippen LogP contribution in [0.3, 0.4) is 0 Å². The monoisotopic (exact) mass is 288 g/mol. The Hall–Kier alpha value is -2.88. The maximum atomic E-state index is 4.64. The maximum absolute atomic E-state index is 4.64. The van der Waals surface area contributed by atoms with Crippen molar-refractivity contribution in [3.05, 3.63) is 66.0 Å². The minimum absolute atomic E-state index is 0.736. The largest absolute Gasteiger partial charge is 0.353 e. The molecule has 0 spiro atoms. The molecule has 0 aromatic heterocycles. The van der Waals surface area contributed by atoms with Gasteiger partial charge in [0.2, 0.25) is 5.96 Å². The SMILES string of the molecule is c1ccc2c(=NNC3=NCCN3)c3ccccc3ccc2c1. The summed E-state index contributed by atoms with van der Waals surface area (Å²) in [6, 6.07) is 20.9. The molecule has 3 aromatic carbocycles. The molecule has 0 saturated heterocycles. The minimum Gasteiger partial charge on any atom is -0.353 e. The summed E-state index contributed by atoms with van der Waals surface area (Å²) >= 11 is 0. The molecular weight excluding hydrogens is 272 g/mol. The third kappa shape index (κ3) is 2.29. The van der Waals surface area contributed by atoms with Gasteiger partial charge in [0.05, 0.1) is 11.9 Å². The second kappa shape index (κ2) is 5.48. The van der Waals surface area contributed by atoms with Crippen LogP contribution in [-0.4, -0.2) is 19.0 Å². The van der Waals surface area contributed by atoms with E-state index in [0.717, 1.165) is 35.2 Å². The number of nitrogens with one attached hydrogen (secondary N) is 2. The summed E-state index contributed by atoms with van der Waals surface area (Å²) in [7, 11) is 0. The third-order valence-electron chi connectivity index (χ3n) is 3.82. The number of aliphatic imine (C=N–C) groups is 1. The van der Waals surface area contributed by atoms with Crippen molar-refractivity contribution in [3.63, 3.8) is 0 Å². The van der Waals surface area contributed by atoms with E-state index >= 15 is 0 Å². The summed E-state index contributed by atoms with van der Waals surface area (Å²) in [6.07, 6.45) is 0. The summed E-state index contributed by atoms with van der Waals surface area (Å²) in [5.41, 5.74) is 3.06. The Kier molecular flexibility index (Phi) is 3.20. The fourth-order valence-corrected chi connectivity index (χ4v) is 2.74. The minimum atomic E-state index is 0.736. The normalized spacial score (nSPS) is 13.7. The second-order valence-electron chi connectivity index (χ2n) is 5.24. The lowest BCUT2D eigenvalue weighted by atomic mass is 10.1. The van der Waals surface area contributed by atoms with Crippen molar-refractivity contribution in [1.82, 2.24) is 10.7 Å². The zero-order chi connectivity index (χ0) is 14.8. The average Bonchev–Trinajstić information content (AvgIpc) is 3.03. The number of benzene rings is 2. The first-order chi connectivity index (χ1) is 10.9. The van der Waals surface area contributed by atoms with Crippen molar-refractivity contribution in [1.29, 1.82) is 0 Å². The number of fused-ring (bicyclic) bond motifs is 2. The molecule has 3 aromatic rings. The molecule has 0 amide bonds. The summed E-state index contributed by atoms with van der Waals surface area (Å²) in [6.45, 7) is 1.66. The fourth-order valence-electron chi connectivity index (χ4n) is 2.74. The molecule has 1 aliphatic heterocycles. The lowest BCUT2D eigenvalue weighted by Crippen LogP contribution is -2.31. The van der Waals surface area contributed by atoms with Gasteiger partial charge in [0, 0.05) is 17.3 Å². The molecule has 0 bridgehead atoms. The molecule has 0 saturated carbocycles. The zero-order valence-corrected chi connectivity index (χ0v) is 12.1. The van der Waals surface area contributed by atoms with Crippen LogP contribution < -0.4 is 16.1 Å². The number of hydrogen-bond acceptors (Lipinski definition) is 4. The van der Waals surface area contributed by atoms with Crippen LogP contribution >= 0.6 is 0 Å². The number of hydrogen-bond donors (Lipinski definition) is 2. The van der Waals surface area contributed by atoms with Gasteiger partial charge in [-0.15, -0.1) is 0 Å². The van der Waals surface area contributed by atoms with Crippen LogP contribution in [0.5, 0.6) is 0 Å². The fraction of sp³-hybridized carbons (Fsp3) is 0.111. The Morgan fingerprint density at radius 3 is 2.09 bits per heavy atom. The van der Waals surface area contributed by atoms with E-state index in [1.165, 1.54) is 10.8 Å². The van der Waals surface area contributed by atoms with E-state index in [1.54, 1.807) is 0 Å². The maximum Gasteiger partial charge on any atom is 0.212 e. The summed E-state index contributed by atoms with van der Waals surface area (Å²) in [5.74, 6) is 0.736. The molecule has 4 rings (SSSR count). The Morgan fingerprint density at radius 1 is 0.864 bits per heavy atom. The van der Waals surface area contributed by atoms with E-state index in [4.69, 9.17) is 0 Å². The van der Waals surface area contributed by atoms with Crippen molar-refractivity contribution >= 4 is 27.5 Å². The van der Waals surface area contributed by atoms with Crippen LogP contribution in [0.15, 0.2) is 70.8 Å². The highest BCUT2D eigenvalue weighted by atomic mass is 15.4. The van der Waals surface area contributed by atoms with Crippen LogP contribution in [0, 0.1) is 0 Å². The number of rotatable bonds is 1. The first-order valence-electron chi connectivity index (χ1n) is 7.41. The molecule has 1 heterocycles. The average molecular weight is 288 g/mol. The van der Waals surface area contributed by atoms with Gasteiger partial charge in [-0.05, 0) is 10.8 Å². The Labute approximate surface area is 128 Å². The molecular formula is C18H16N4. The number of guanidine groups is 1. The third-order valence-corrected chi connectivity index (χ3v) is 3.82. The van der Waals surface area contributed by atoms with Gasteiger partial charge in [-0.3, -0.25) is 0 Å². The Morgan fingerprint density at radius 2 is 1.50 bits per heavy atom. The van der Waals surface area contributed by atoms with Crippen molar-refractivity contribution in [2.75, 3.05) is 13.1 Å². The highest BCUT2D eigenvalue weighted by Gasteiger charge is 2.04. The van der Waals surface area contributed by atoms with Crippen LogP contribution in [-0.2, 0) is 0 Å². The van der Waals surface area contributed by atoms with Gasteiger partial charge in [0.15, 0.2) is 0 Å². The first-order valence-corrected chi connectivity index (χ1v) is 7.41. The van der Waals surface area contributed by atoms with E-state index in [0.29, 0.717) is 0 Å². The molecule has 2 N–H and O–H groups in total. The highest BCUT2D eigenvalue weighted by Crippen LogP contribution is 2.14.